The van der Waals surface area contributed by atoms with Gasteiger partial charge in [0.05, 0.1) is 12.2 Å². The van der Waals surface area contributed by atoms with Crippen molar-refractivity contribution in [1.82, 2.24) is 5.32 Å². The smallest absolute Gasteiger partial charge is 0.335 e. The molecule has 1 aliphatic rings. The van der Waals surface area contributed by atoms with Crippen molar-refractivity contribution in [2.45, 2.75) is 18.9 Å². The Labute approximate surface area is 145 Å². The second kappa shape index (κ2) is 7.81. The van der Waals surface area contributed by atoms with E-state index in [2.05, 4.69) is 10.6 Å². The zero-order valence-electron chi connectivity index (χ0n) is 13.7. The highest BCUT2D eigenvalue weighted by molar-refractivity contribution is 5.89. The van der Waals surface area contributed by atoms with Crippen molar-refractivity contribution in [3.8, 4) is 0 Å². The molecular formula is C19H20N2O4. The Morgan fingerprint density at radius 1 is 1.08 bits per heavy atom. The first kappa shape index (κ1) is 17.0. The number of carboxylic acid groups (broad SMARTS) is 1. The number of urea groups is 1. The Hall–Kier alpha value is -2.86. The molecule has 0 aromatic heterocycles. The second-order valence-corrected chi connectivity index (χ2v) is 5.99. The lowest BCUT2D eigenvalue weighted by molar-refractivity contribution is 0.0697. The first-order chi connectivity index (χ1) is 12.1. The molecule has 2 amide bonds. The van der Waals surface area contributed by atoms with Gasteiger partial charge in [-0.15, -0.1) is 0 Å². The Morgan fingerprint density at radius 2 is 1.80 bits per heavy atom. The number of nitrogens with one attached hydrogen (secondary N) is 2. The summed E-state index contributed by atoms with van der Waals surface area (Å²) in [5, 5.41) is 14.4. The summed E-state index contributed by atoms with van der Waals surface area (Å²) in [4.78, 5) is 22.8. The maximum absolute atomic E-state index is 12.0. The topological polar surface area (TPSA) is 87.7 Å². The van der Waals surface area contributed by atoms with Crippen molar-refractivity contribution in [2.75, 3.05) is 18.5 Å². The zero-order chi connectivity index (χ0) is 17.6. The number of anilines is 1. The maximum Gasteiger partial charge on any atom is 0.335 e. The molecule has 0 saturated carbocycles. The Kier molecular flexibility index (Phi) is 5.30. The molecule has 6 heteroatoms. The molecule has 25 heavy (non-hydrogen) atoms. The number of carbonyl (C=O) groups is 2. The third-order valence-corrected chi connectivity index (χ3v) is 4.22. The number of aromatic carboxylic acids is 1. The summed E-state index contributed by atoms with van der Waals surface area (Å²) in [6, 6.07) is 13.9. The lowest BCUT2D eigenvalue weighted by atomic mass is 9.98. The molecule has 1 aliphatic heterocycles. The monoisotopic (exact) mass is 340 g/mol. The van der Waals surface area contributed by atoms with Crippen LogP contribution < -0.4 is 10.6 Å². The molecule has 6 nitrogen and oxygen atoms in total. The predicted octanol–water partition coefficient (Wildman–Crippen LogP) is 3.21. The van der Waals surface area contributed by atoms with E-state index in [0.29, 0.717) is 12.5 Å². The van der Waals surface area contributed by atoms with Crippen LogP contribution in [0.4, 0.5) is 10.5 Å². The number of hydrogen-bond acceptors (Lipinski definition) is 3. The molecule has 130 valence electrons. The molecule has 1 heterocycles. The summed E-state index contributed by atoms with van der Waals surface area (Å²) in [5.74, 6) is -0.526. The number of carbonyl (C=O) groups excluding carboxylic acids is 1. The SMILES string of the molecule is O=C(NCc1ccc(C(=O)O)cc1)Nc1ccc([C@@H]2CCOC2)cc1. The van der Waals surface area contributed by atoms with Gasteiger partial charge in [0.2, 0.25) is 0 Å². The summed E-state index contributed by atoms with van der Waals surface area (Å²) in [7, 11) is 0. The van der Waals surface area contributed by atoms with E-state index < -0.39 is 5.97 Å². The molecule has 2 aromatic carbocycles. The minimum absolute atomic E-state index is 0.223. The van der Waals surface area contributed by atoms with Gasteiger partial charge in [0.25, 0.3) is 0 Å². The fourth-order valence-corrected chi connectivity index (χ4v) is 2.76. The fraction of sp³-hybridized carbons (Fsp3) is 0.263. The van der Waals surface area contributed by atoms with E-state index >= 15 is 0 Å². The van der Waals surface area contributed by atoms with Crippen LogP contribution in [0.1, 0.15) is 33.8 Å². The molecule has 0 bridgehead atoms. The van der Waals surface area contributed by atoms with Crippen molar-refractivity contribution in [3.63, 3.8) is 0 Å². The first-order valence-corrected chi connectivity index (χ1v) is 8.16. The predicted molar refractivity (Wildman–Crippen MR) is 93.9 cm³/mol. The van der Waals surface area contributed by atoms with Crippen LogP contribution >= 0.6 is 0 Å². The van der Waals surface area contributed by atoms with Gasteiger partial charge >= 0.3 is 12.0 Å². The zero-order valence-corrected chi connectivity index (χ0v) is 13.7. The van der Waals surface area contributed by atoms with Crippen LogP contribution in [0.5, 0.6) is 0 Å². The number of amides is 2. The summed E-state index contributed by atoms with van der Waals surface area (Å²) >= 11 is 0. The first-order valence-electron chi connectivity index (χ1n) is 8.16. The van der Waals surface area contributed by atoms with Crippen LogP contribution in [0, 0.1) is 0 Å². The van der Waals surface area contributed by atoms with Gasteiger partial charge in [-0.3, -0.25) is 0 Å². The molecule has 0 aliphatic carbocycles. The minimum Gasteiger partial charge on any atom is -0.478 e. The largest absolute Gasteiger partial charge is 0.478 e. The summed E-state index contributed by atoms with van der Waals surface area (Å²) in [5.41, 5.74) is 3.00. The highest BCUT2D eigenvalue weighted by atomic mass is 16.5. The molecule has 1 atom stereocenters. The molecule has 0 spiro atoms. The van der Waals surface area contributed by atoms with Crippen molar-refractivity contribution in [3.05, 3.63) is 65.2 Å². The van der Waals surface area contributed by atoms with Gasteiger partial charge in [-0.2, -0.15) is 0 Å². The number of carboxylic acids is 1. The van der Waals surface area contributed by atoms with Gasteiger partial charge in [0, 0.05) is 24.8 Å². The number of benzene rings is 2. The Balaban J connectivity index is 1.49. The van der Waals surface area contributed by atoms with E-state index in [9.17, 15) is 9.59 Å². The van der Waals surface area contributed by atoms with E-state index in [-0.39, 0.29) is 11.6 Å². The average Bonchev–Trinajstić information content (AvgIpc) is 3.15. The summed E-state index contributed by atoms with van der Waals surface area (Å²) < 4.78 is 5.39. The standard InChI is InChI=1S/C19H20N2O4/c22-18(23)15-3-1-13(2-4-15)11-20-19(24)21-17-7-5-14(6-8-17)16-9-10-25-12-16/h1-8,16H,9-12H2,(H,22,23)(H2,20,21,24)/t16-/m1/s1. The molecule has 3 N–H and O–H groups in total. The highest BCUT2D eigenvalue weighted by Crippen LogP contribution is 2.26. The highest BCUT2D eigenvalue weighted by Gasteiger charge is 2.17. The molecule has 1 saturated heterocycles. The molecule has 2 aromatic rings. The van der Waals surface area contributed by atoms with Gasteiger partial charge in [-0.05, 0) is 41.8 Å². The van der Waals surface area contributed by atoms with Crippen LogP contribution in [0.15, 0.2) is 48.5 Å². The second-order valence-electron chi connectivity index (χ2n) is 5.99. The fourth-order valence-electron chi connectivity index (χ4n) is 2.76. The van der Waals surface area contributed by atoms with E-state index in [1.165, 1.54) is 17.7 Å². The van der Waals surface area contributed by atoms with Crippen molar-refractivity contribution < 1.29 is 19.4 Å². The number of ether oxygens (including phenoxy) is 1. The van der Waals surface area contributed by atoms with Gasteiger partial charge < -0.3 is 20.5 Å². The normalized spacial score (nSPS) is 16.4. The van der Waals surface area contributed by atoms with E-state index in [1.54, 1.807) is 12.1 Å². The van der Waals surface area contributed by atoms with Crippen molar-refractivity contribution in [2.24, 2.45) is 0 Å². The lowest BCUT2D eigenvalue weighted by Crippen LogP contribution is -2.28. The van der Waals surface area contributed by atoms with Crippen LogP contribution in [0.25, 0.3) is 0 Å². The van der Waals surface area contributed by atoms with Gasteiger partial charge in [-0.25, -0.2) is 9.59 Å². The molecule has 3 rings (SSSR count). The van der Waals surface area contributed by atoms with Gasteiger partial charge in [0.15, 0.2) is 0 Å². The van der Waals surface area contributed by atoms with Crippen LogP contribution in [0.3, 0.4) is 0 Å². The molecule has 0 unspecified atom stereocenters. The van der Waals surface area contributed by atoms with Crippen molar-refractivity contribution in [1.29, 1.82) is 0 Å². The van der Waals surface area contributed by atoms with Crippen LogP contribution in [-0.2, 0) is 11.3 Å². The van der Waals surface area contributed by atoms with E-state index in [4.69, 9.17) is 9.84 Å². The third-order valence-electron chi connectivity index (χ3n) is 4.22. The van der Waals surface area contributed by atoms with Crippen LogP contribution in [-0.4, -0.2) is 30.3 Å². The van der Waals surface area contributed by atoms with E-state index in [0.717, 1.165) is 30.9 Å². The molecular weight excluding hydrogens is 320 g/mol. The molecule has 0 radical (unpaired) electrons. The minimum atomic E-state index is -0.968. The van der Waals surface area contributed by atoms with Crippen molar-refractivity contribution >= 4 is 17.7 Å². The van der Waals surface area contributed by atoms with Gasteiger partial charge in [-0.1, -0.05) is 24.3 Å². The number of rotatable bonds is 5. The molecule has 1 fully saturated rings. The Bertz CT molecular complexity index is 735. The third kappa shape index (κ3) is 4.58. The summed E-state index contributed by atoms with van der Waals surface area (Å²) in [6.45, 7) is 1.89. The lowest BCUT2D eigenvalue weighted by Gasteiger charge is -2.11. The van der Waals surface area contributed by atoms with Gasteiger partial charge in [0.1, 0.15) is 0 Å². The Morgan fingerprint density at radius 3 is 2.40 bits per heavy atom. The average molecular weight is 340 g/mol. The number of hydrogen-bond donors (Lipinski definition) is 3. The van der Waals surface area contributed by atoms with E-state index in [1.807, 2.05) is 24.3 Å². The maximum atomic E-state index is 12.0. The van der Waals surface area contributed by atoms with Crippen LogP contribution in [0.2, 0.25) is 0 Å². The quantitative estimate of drug-likeness (QED) is 0.780. The summed E-state index contributed by atoms with van der Waals surface area (Å²) in [6.07, 6.45) is 1.04.